The molecule has 2 aliphatic rings. The second kappa shape index (κ2) is 9.46. The van der Waals surface area contributed by atoms with Crippen LogP contribution in [0.1, 0.15) is 31.2 Å². The molecule has 2 aromatic rings. The van der Waals surface area contributed by atoms with Crippen molar-refractivity contribution in [2.75, 3.05) is 18.1 Å². The zero-order valence-electron chi connectivity index (χ0n) is 20.6. The fourth-order valence-electron chi connectivity index (χ4n) is 5.21. The fourth-order valence-corrected chi connectivity index (χ4v) is 7.61. The molecular weight excluding hydrogens is 462 g/mol. The average molecular weight is 498 g/mol. The number of benzene rings is 2. The Morgan fingerprint density at radius 2 is 1.65 bits per heavy atom. The van der Waals surface area contributed by atoms with Gasteiger partial charge in [0.25, 0.3) is 0 Å². The van der Waals surface area contributed by atoms with E-state index in [9.17, 15) is 13.7 Å². The number of fused-ring (bicyclic) bond motifs is 1. The lowest BCUT2D eigenvalue weighted by Crippen LogP contribution is -2.73. The third-order valence-corrected chi connectivity index (χ3v) is 9.78. The highest BCUT2D eigenvalue weighted by atomic mass is 32.2. The number of rotatable bonds is 6. The predicted octanol–water partition coefficient (Wildman–Crippen LogP) is 4.93. The van der Waals surface area contributed by atoms with Gasteiger partial charge in [-0.25, -0.2) is 8.42 Å². The van der Waals surface area contributed by atoms with Crippen LogP contribution in [0.4, 0.5) is 5.69 Å². The summed E-state index contributed by atoms with van der Waals surface area (Å²) in [5, 5.41) is 10.7. The molecule has 0 N–H and O–H groups in total. The van der Waals surface area contributed by atoms with Crippen molar-refractivity contribution in [2.24, 2.45) is 0 Å². The lowest BCUT2D eigenvalue weighted by molar-refractivity contribution is 0.104. The Labute approximate surface area is 205 Å². The maximum absolute atomic E-state index is 14.0. The lowest BCUT2D eigenvalue weighted by atomic mass is 9.81. The molecule has 3 atom stereocenters. The normalized spacial score (nSPS) is 26.0. The Kier molecular flexibility index (Phi) is 6.94. The molecule has 34 heavy (non-hydrogen) atoms. The van der Waals surface area contributed by atoms with Gasteiger partial charge in [0.05, 0.1) is 24.1 Å². The number of anilines is 1. The van der Waals surface area contributed by atoms with Gasteiger partial charge in [0.1, 0.15) is 0 Å². The second-order valence-corrected chi connectivity index (χ2v) is 16.9. The molecule has 1 aliphatic carbocycles. The number of piperazine rings is 1. The van der Waals surface area contributed by atoms with Gasteiger partial charge in [-0.1, -0.05) is 48.7 Å². The molecule has 4 rings (SSSR count). The van der Waals surface area contributed by atoms with Crippen molar-refractivity contribution in [3.8, 4) is 6.07 Å². The monoisotopic (exact) mass is 497 g/mol. The highest BCUT2D eigenvalue weighted by Crippen LogP contribution is 2.42. The smallest absolute Gasteiger partial charge is 0.243 e. The quantitative estimate of drug-likeness (QED) is 0.529. The summed E-state index contributed by atoms with van der Waals surface area (Å²) in [6.07, 6.45) is 3.62. The molecule has 0 radical (unpaired) electrons. The van der Waals surface area contributed by atoms with Gasteiger partial charge in [-0.15, -0.1) is 0 Å². The largest absolute Gasteiger partial charge is 0.414 e. The Morgan fingerprint density at radius 1 is 1.03 bits per heavy atom. The van der Waals surface area contributed by atoms with Gasteiger partial charge in [-0.2, -0.15) is 9.57 Å². The average Bonchev–Trinajstić information content (AvgIpc) is 2.82. The van der Waals surface area contributed by atoms with Gasteiger partial charge in [0, 0.05) is 17.8 Å². The predicted molar refractivity (Wildman–Crippen MR) is 138 cm³/mol. The summed E-state index contributed by atoms with van der Waals surface area (Å²) in [5.74, 6) is 0. The number of hydrogen-bond acceptors (Lipinski definition) is 5. The van der Waals surface area contributed by atoms with E-state index in [1.54, 1.807) is 16.4 Å². The van der Waals surface area contributed by atoms with E-state index < -0.39 is 23.9 Å². The van der Waals surface area contributed by atoms with E-state index in [0.29, 0.717) is 0 Å². The van der Waals surface area contributed by atoms with Crippen LogP contribution in [0.25, 0.3) is 0 Å². The number of nitriles is 1. The molecule has 0 bridgehead atoms. The van der Waals surface area contributed by atoms with Crippen LogP contribution >= 0.6 is 0 Å². The topological polar surface area (TPSA) is 73.6 Å². The maximum Gasteiger partial charge on any atom is 0.243 e. The van der Waals surface area contributed by atoms with E-state index in [0.717, 1.165) is 36.9 Å². The van der Waals surface area contributed by atoms with E-state index in [4.69, 9.17) is 4.43 Å². The van der Waals surface area contributed by atoms with E-state index >= 15 is 0 Å². The summed E-state index contributed by atoms with van der Waals surface area (Å²) in [7, 11) is -5.74. The van der Waals surface area contributed by atoms with Crippen molar-refractivity contribution in [2.45, 2.75) is 74.8 Å². The second-order valence-electron chi connectivity index (χ2n) is 10.5. The summed E-state index contributed by atoms with van der Waals surface area (Å²) in [6, 6.07) is 19.3. The van der Waals surface area contributed by atoms with E-state index in [-0.39, 0.29) is 30.1 Å². The zero-order chi connectivity index (χ0) is 24.6. The summed E-state index contributed by atoms with van der Waals surface area (Å²) in [5.41, 5.74) is 0.851. The number of para-hydroxylation sites is 1. The molecule has 0 aromatic heterocycles. The summed E-state index contributed by atoms with van der Waals surface area (Å²) < 4.78 is 35.9. The van der Waals surface area contributed by atoms with Crippen molar-refractivity contribution in [3.63, 3.8) is 0 Å². The number of aryl methyl sites for hydroxylation is 1. The Balaban J connectivity index is 1.84. The van der Waals surface area contributed by atoms with Crippen LogP contribution < -0.4 is 4.90 Å². The Morgan fingerprint density at radius 3 is 2.24 bits per heavy atom. The van der Waals surface area contributed by atoms with Crippen molar-refractivity contribution < 1.29 is 12.8 Å². The third kappa shape index (κ3) is 4.80. The first-order valence-corrected chi connectivity index (χ1v) is 16.9. The van der Waals surface area contributed by atoms with E-state index in [1.165, 1.54) is 0 Å². The summed E-state index contributed by atoms with van der Waals surface area (Å²) in [4.78, 5) is 2.48. The highest BCUT2D eigenvalue weighted by molar-refractivity contribution is 7.89. The third-order valence-electron chi connectivity index (χ3n) is 6.89. The molecule has 0 amide bonds. The van der Waals surface area contributed by atoms with Crippen LogP contribution in [0.3, 0.4) is 0 Å². The molecule has 2 aromatic carbocycles. The summed E-state index contributed by atoms with van der Waals surface area (Å²) >= 11 is 0. The van der Waals surface area contributed by atoms with Gasteiger partial charge >= 0.3 is 0 Å². The number of nitrogens with zero attached hydrogens (tertiary/aromatic N) is 3. The molecule has 1 saturated heterocycles. The van der Waals surface area contributed by atoms with Crippen molar-refractivity contribution in [1.29, 1.82) is 5.26 Å². The van der Waals surface area contributed by atoms with Crippen molar-refractivity contribution >= 4 is 24.0 Å². The number of sulfonamides is 1. The minimum Gasteiger partial charge on any atom is -0.414 e. The van der Waals surface area contributed by atoms with E-state index in [1.807, 2.05) is 49.4 Å². The molecule has 2 fully saturated rings. The maximum atomic E-state index is 14.0. The van der Waals surface area contributed by atoms with Gasteiger partial charge in [0.15, 0.2) is 13.9 Å². The Bertz CT molecular complexity index is 1140. The van der Waals surface area contributed by atoms with E-state index in [2.05, 4.69) is 30.6 Å². The van der Waals surface area contributed by atoms with Gasteiger partial charge in [-0.05, 0) is 63.7 Å². The minimum absolute atomic E-state index is 0.0836. The van der Waals surface area contributed by atoms with Gasteiger partial charge in [-0.3, -0.25) is 0 Å². The lowest BCUT2D eigenvalue weighted by Gasteiger charge is -2.57. The minimum atomic E-state index is -3.78. The van der Waals surface area contributed by atoms with Crippen LogP contribution in [-0.2, 0) is 14.4 Å². The first-order valence-electron chi connectivity index (χ1n) is 12.1. The van der Waals surface area contributed by atoms with Crippen molar-refractivity contribution in [1.82, 2.24) is 4.31 Å². The summed E-state index contributed by atoms with van der Waals surface area (Å²) in [6.45, 7) is 8.49. The van der Waals surface area contributed by atoms with Crippen molar-refractivity contribution in [3.05, 3.63) is 60.2 Å². The molecule has 1 heterocycles. The first kappa shape index (κ1) is 24.9. The molecule has 0 unspecified atom stereocenters. The molecule has 1 saturated carbocycles. The Hall–Kier alpha value is -2.18. The first-order chi connectivity index (χ1) is 16.1. The van der Waals surface area contributed by atoms with Crippen LogP contribution in [0.15, 0.2) is 59.5 Å². The molecule has 1 aliphatic heterocycles. The SMILES string of the molecule is Cc1ccc(S(=O)(=O)N2C[C@@](C#N)(CO[Si](C)(C)C)N(c3ccccc3)[C@H]3CCCC[C@@H]32)cc1. The molecule has 6 nitrogen and oxygen atoms in total. The molecule has 182 valence electrons. The van der Waals surface area contributed by atoms with Crippen LogP contribution in [0.2, 0.25) is 19.6 Å². The zero-order valence-corrected chi connectivity index (χ0v) is 22.4. The fraction of sp³-hybridized carbons (Fsp3) is 0.500. The number of hydrogen-bond donors (Lipinski definition) is 0. The standard InChI is InChI=1S/C26H35N3O3SSi/c1-21-14-16-23(17-15-21)33(30,31)28-19-26(18-27,20-32-34(2,3)4)29(22-10-6-5-7-11-22)25-13-9-8-12-24(25)28/h5-7,10-11,14-17,24-25H,8-9,12-13,19-20H2,1-4H3/t24-,25-,26-/m0/s1. The van der Waals surface area contributed by atoms with Crippen LogP contribution in [0.5, 0.6) is 0 Å². The molecule has 0 spiro atoms. The van der Waals surface area contributed by atoms with Crippen LogP contribution in [0, 0.1) is 18.3 Å². The van der Waals surface area contributed by atoms with Gasteiger partial charge in [0.2, 0.25) is 10.0 Å². The molecule has 8 heteroatoms. The van der Waals surface area contributed by atoms with Gasteiger partial charge < -0.3 is 9.33 Å². The molecular formula is C26H35N3O3SSi. The van der Waals surface area contributed by atoms with Crippen LogP contribution in [-0.4, -0.2) is 51.8 Å². The highest BCUT2D eigenvalue weighted by Gasteiger charge is 2.55.